The minimum absolute atomic E-state index is 0.0513. The fourth-order valence-corrected chi connectivity index (χ4v) is 5.43. The highest BCUT2D eigenvalue weighted by molar-refractivity contribution is 5.87. The third-order valence-electron chi connectivity index (χ3n) is 8.27. The fraction of sp³-hybridized carbons (Fsp3) is 0.889. The molecule has 0 bridgehead atoms. The summed E-state index contributed by atoms with van der Waals surface area (Å²) in [6.07, 6.45) is 26.6. The lowest BCUT2D eigenvalue weighted by Crippen LogP contribution is -2.47. The Balaban J connectivity index is 4.32. The molecule has 0 aromatic heterocycles. The number of hydrogen-bond donors (Lipinski definition) is 4. The Kier molecular flexibility index (Phi) is 30.7. The molecule has 1 atom stereocenters. The van der Waals surface area contributed by atoms with Crippen molar-refractivity contribution < 1.29 is 24.3 Å². The average molecular weight is 624 g/mol. The largest absolute Gasteiger partial charge is 0.481 e. The monoisotopic (exact) mass is 624 g/mol. The normalized spacial score (nSPS) is 11.7. The maximum Gasteiger partial charge on any atom is 0.303 e. The van der Waals surface area contributed by atoms with Gasteiger partial charge in [0, 0.05) is 32.4 Å². The number of carbonyl (C=O) groups is 4. The third-order valence-corrected chi connectivity index (χ3v) is 8.27. The summed E-state index contributed by atoms with van der Waals surface area (Å²) in [6, 6.07) is -0.537. The Bertz CT molecular complexity index is 716. The van der Waals surface area contributed by atoms with Gasteiger partial charge in [0.05, 0.1) is 0 Å². The summed E-state index contributed by atoms with van der Waals surface area (Å²) in [5.41, 5.74) is 0. The van der Waals surface area contributed by atoms with Crippen molar-refractivity contribution in [1.29, 1.82) is 0 Å². The molecule has 0 aliphatic rings. The summed E-state index contributed by atoms with van der Waals surface area (Å²) >= 11 is 0. The van der Waals surface area contributed by atoms with Crippen LogP contribution in [0.1, 0.15) is 187 Å². The van der Waals surface area contributed by atoms with E-state index < -0.39 is 12.0 Å². The molecule has 0 saturated heterocycles. The minimum atomic E-state index is -0.728. The minimum Gasteiger partial charge on any atom is -0.481 e. The second kappa shape index (κ2) is 32.3. The molecule has 8 nitrogen and oxygen atoms in total. The lowest BCUT2D eigenvalue weighted by atomic mass is 10.1. The second-order valence-electron chi connectivity index (χ2n) is 12.6. The standard InChI is InChI=1S/C36H69N3O5/c1-3-5-7-9-12-16-20-27-33(40)37-30-25-23-26-32(39-34(41)28-21-17-13-10-8-6-4-2)36(44)38-31-24-19-15-11-14-18-22-29-35(42)43/h32H,3-31H2,1-2H3,(H,37,40)(H,38,44)(H,39,41)(H,42,43). The number of carbonyl (C=O) groups excluding carboxylic acids is 3. The summed E-state index contributed by atoms with van der Waals surface area (Å²) in [7, 11) is 0. The van der Waals surface area contributed by atoms with Crippen LogP contribution in [0.15, 0.2) is 0 Å². The molecule has 0 radical (unpaired) electrons. The van der Waals surface area contributed by atoms with E-state index in [-0.39, 0.29) is 24.1 Å². The molecule has 0 heterocycles. The van der Waals surface area contributed by atoms with Crippen molar-refractivity contribution in [3.63, 3.8) is 0 Å². The number of amides is 3. The van der Waals surface area contributed by atoms with Crippen LogP contribution < -0.4 is 16.0 Å². The van der Waals surface area contributed by atoms with Gasteiger partial charge in [-0.2, -0.15) is 0 Å². The maximum absolute atomic E-state index is 13.0. The van der Waals surface area contributed by atoms with Crippen LogP contribution in [0.3, 0.4) is 0 Å². The van der Waals surface area contributed by atoms with E-state index in [9.17, 15) is 19.2 Å². The molecule has 258 valence electrons. The second-order valence-corrected chi connectivity index (χ2v) is 12.6. The predicted octanol–water partition coefficient (Wildman–Crippen LogP) is 8.36. The zero-order valence-corrected chi connectivity index (χ0v) is 28.7. The van der Waals surface area contributed by atoms with Gasteiger partial charge < -0.3 is 21.1 Å². The smallest absolute Gasteiger partial charge is 0.303 e. The van der Waals surface area contributed by atoms with Crippen LogP contribution in [-0.4, -0.2) is 47.9 Å². The van der Waals surface area contributed by atoms with Gasteiger partial charge >= 0.3 is 5.97 Å². The number of carboxylic acids is 1. The van der Waals surface area contributed by atoms with Gasteiger partial charge in [0.25, 0.3) is 0 Å². The Morgan fingerprint density at radius 2 is 0.886 bits per heavy atom. The van der Waals surface area contributed by atoms with Crippen molar-refractivity contribution in [2.24, 2.45) is 0 Å². The highest BCUT2D eigenvalue weighted by atomic mass is 16.4. The van der Waals surface area contributed by atoms with E-state index in [1.54, 1.807) is 0 Å². The predicted molar refractivity (Wildman–Crippen MR) is 182 cm³/mol. The Hall–Kier alpha value is -2.12. The first-order chi connectivity index (χ1) is 21.4. The molecular weight excluding hydrogens is 554 g/mol. The molecule has 0 aliphatic heterocycles. The van der Waals surface area contributed by atoms with Gasteiger partial charge in [-0.3, -0.25) is 19.2 Å². The molecule has 0 saturated carbocycles. The molecule has 0 aromatic rings. The molecular formula is C36H69N3O5. The lowest BCUT2D eigenvalue weighted by Gasteiger charge is -2.19. The van der Waals surface area contributed by atoms with Crippen LogP contribution in [0.5, 0.6) is 0 Å². The molecule has 0 spiro atoms. The number of unbranched alkanes of at least 4 members (excludes halogenated alkanes) is 19. The number of hydrogen-bond acceptors (Lipinski definition) is 4. The van der Waals surface area contributed by atoms with E-state index in [0.29, 0.717) is 32.4 Å². The summed E-state index contributed by atoms with van der Waals surface area (Å²) in [5, 5.41) is 17.7. The van der Waals surface area contributed by atoms with Crippen molar-refractivity contribution >= 4 is 23.7 Å². The molecule has 44 heavy (non-hydrogen) atoms. The van der Waals surface area contributed by atoms with E-state index in [1.165, 1.54) is 57.8 Å². The van der Waals surface area contributed by atoms with Gasteiger partial charge in [0.15, 0.2) is 0 Å². The molecule has 1 unspecified atom stereocenters. The van der Waals surface area contributed by atoms with E-state index >= 15 is 0 Å². The Labute approximate surface area is 270 Å². The number of nitrogens with one attached hydrogen (secondary N) is 3. The molecule has 8 heteroatoms. The van der Waals surface area contributed by atoms with Crippen LogP contribution in [-0.2, 0) is 19.2 Å². The number of carboxylic acid groups (broad SMARTS) is 1. The van der Waals surface area contributed by atoms with Crippen molar-refractivity contribution in [2.45, 2.75) is 193 Å². The van der Waals surface area contributed by atoms with Crippen LogP contribution >= 0.6 is 0 Å². The maximum atomic E-state index is 13.0. The average Bonchev–Trinajstić information content (AvgIpc) is 3.00. The molecule has 0 fully saturated rings. The summed E-state index contributed by atoms with van der Waals surface area (Å²) < 4.78 is 0. The Morgan fingerprint density at radius 1 is 0.477 bits per heavy atom. The first-order valence-electron chi connectivity index (χ1n) is 18.5. The fourth-order valence-electron chi connectivity index (χ4n) is 5.43. The lowest BCUT2D eigenvalue weighted by molar-refractivity contribution is -0.137. The van der Waals surface area contributed by atoms with Gasteiger partial charge in [0.2, 0.25) is 17.7 Å². The quantitative estimate of drug-likeness (QED) is 0.0547. The van der Waals surface area contributed by atoms with E-state index in [0.717, 1.165) is 89.9 Å². The molecule has 0 rings (SSSR count). The van der Waals surface area contributed by atoms with Crippen LogP contribution in [0.2, 0.25) is 0 Å². The first kappa shape index (κ1) is 41.9. The van der Waals surface area contributed by atoms with Crippen molar-refractivity contribution in [2.75, 3.05) is 13.1 Å². The van der Waals surface area contributed by atoms with Gasteiger partial charge in [0.1, 0.15) is 6.04 Å². The summed E-state index contributed by atoms with van der Waals surface area (Å²) in [4.78, 5) is 48.4. The van der Waals surface area contributed by atoms with Gasteiger partial charge in [-0.25, -0.2) is 0 Å². The zero-order valence-electron chi connectivity index (χ0n) is 28.7. The molecule has 3 amide bonds. The third kappa shape index (κ3) is 29.9. The highest BCUT2D eigenvalue weighted by Crippen LogP contribution is 2.11. The van der Waals surface area contributed by atoms with E-state index in [4.69, 9.17) is 5.11 Å². The van der Waals surface area contributed by atoms with Crippen molar-refractivity contribution in [3.05, 3.63) is 0 Å². The van der Waals surface area contributed by atoms with Gasteiger partial charge in [-0.1, -0.05) is 123 Å². The van der Waals surface area contributed by atoms with Crippen LogP contribution in [0.4, 0.5) is 0 Å². The van der Waals surface area contributed by atoms with E-state index in [2.05, 4.69) is 29.8 Å². The molecule has 0 aliphatic carbocycles. The van der Waals surface area contributed by atoms with E-state index in [1.807, 2.05) is 0 Å². The molecule has 0 aromatic carbocycles. The summed E-state index contributed by atoms with van der Waals surface area (Å²) in [5.74, 6) is -0.788. The SMILES string of the molecule is CCCCCCCCCC(=O)NCCCCC(NC(=O)CCCCCCCCC)C(=O)NCCCCCCCCCC(=O)O. The van der Waals surface area contributed by atoms with Gasteiger partial charge in [-0.05, 0) is 44.9 Å². The van der Waals surface area contributed by atoms with Crippen LogP contribution in [0.25, 0.3) is 0 Å². The first-order valence-corrected chi connectivity index (χ1v) is 18.5. The van der Waals surface area contributed by atoms with Gasteiger partial charge in [-0.15, -0.1) is 0 Å². The zero-order chi connectivity index (χ0) is 32.5. The topological polar surface area (TPSA) is 125 Å². The highest BCUT2D eigenvalue weighted by Gasteiger charge is 2.20. The number of rotatable bonds is 33. The van der Waals surface area contributed by atoms with Crippen molar-refractivity contribution in [3.8, 4) is 0 Å². The van der Waals surface area contributed by atoms with Crippen LogP contribution in [0, 0.1) is 0 Å². The summed E-state index contributed by atoms with van der Waals surface area (Å²) in [6.45, 7) is 5.62. The Morgan fingerprint density at radius 3 is 1.41 bits per heavy atom. The molecule has 4 N–H and O–H groups in total. The van der Waals surface area contributed by atoms with Crippen molar-refractivity contribution in [1.82, 2.24) is 16.0 Å². The number of aliphatic carboxylic acids is 1.